The molecular weight excluding hydrogens is 382 g/mol. The molecule has 7 nitrogen and oxygen atoms in total. The largest absolute Gasteiger partial charge is 0.496 e. The van der Waals surface area contributed by atoms with Crippen molar-refractivity contribution in [1.29, 1.82) is 0 Å². The molecule has 0 aliphatic carbocycles. The lowest BCUT2D eigenvalue weighted by atomic mass is 10.1. The second kappa shape index (κ2) is 7.99. The number of carbonyl (C=O) groups is 1. The first-order valence-electron chi connectivity index (χ1n) is 10.4. The maximum atomic E-state index is 12.9. The zero-order chi connectivity index (χ0) is 20.5. The molecule has 2 saturated heterocycles. The van der Waals surface area contributed by atoms with Crippen molar-refractivity contribution in [3.05, 3.63) is 53.9 Å². The van der Waals surface area contributed by atoms with Gasteiger partial charge in [0.15, 0.2) is 11.5 Å². The van der Waals surface area contributed by atoms with Crippen LogP contribution >= 0.6 is 0 Å². The van der Waals surface area contributed by atoms with Crippen LogP contribution in [0.2, 0.25) is 0 Å². The highest BCUT2D eigenvalue weighted by Gasteiger charge is 2.33. The minimum Gasteiger partial charge on any atom is -0.496 e. The summed E-state index contributed by atoms with van der Waals surface area (Å²) in [5.74, 6) is 1.99. The second-order valence-corrected chi connectivity index (χ2v) is 7.86. The summed E-state index contributed by atoms with van der Waals surface area (Å²) in [6, 6.07) is 13.9. The number of fused-ring (bicyclic) bond motifs is 2. The third kappa shape index (κ3) is 3.50. The summed E-state index contributed by atoms with van der Waals surface area (Å²) >= 11 is 0. The molecule has 2 aromatic carbocycles. The number of carbonyl (C=O) groups excluding carboxylic acids is 1. The van der Waals surface area contributed by atoms with Gasteiger partial charge in [-0.15, -0.1) is 0 Å². The molecule has 1 aromatic heterocycles. The topological polar surface area (TPSA) is 68.0 Å². The lowest BCUT2D eigenvalue weighted by molar-refractivity contribution is 0.0561. The number of amides is 1. The molecule has 5 rings (SSSR count). The molecule has 0 radical (unpaired) electrons. The van der Waals surface area contributed by atoms with Gasteiger partial charge in [0.1, 0.15) is 18.1 Å². The Balaban J connectivity index is 1.27. The van der Waals surface area contributed by atoms with Gasteiger partial charge in [-0.05, 0) is 31.5 Å². The molecule has 3 aromatic rings. The van der Waals surface area contributed by atoms with Gasteiger partial charge < -0.3 is 18.9 Å². The van der Waals surface area contributed by atoms with E-state index < -0.39 is 0 Å². The van der Waals surface area contributed by atoms with E-state index in [0.717, 1.165) is 54.9 Å². The number of ether oxygens (including phenoxy) is 2. The number of piperazine rings is 1. The highest BCUT2D eigenvalue weighted by atomic mass is 16.5. The van der Waals surface area contributed by atoms with Gasteiger partial charge in [-0.25, -0.2) is 0 Å². The van der Waals surface area contributed by atoms with Crippen molar-refractivity contribution in [2.24, 2.45) is 0 Å². The van der Waals surface area contributed by atoms with E-state index in [1.54, 1.807) is 13.2 Å². The molecule has 1 unspecified atom stereocenters. The number of rotatable bonds is 5. The third-order valence-electron chi connectivity index (χ3n) is 6.09. The fourth-order valence-electron chi connectivity index (χ4n) is 4.52. The molecule has 0 spiro atoms. The van der Waals surface area contributed by atoms with E-state index in [0.29, 0.717) is 17.5 Å². The summed E-state index contributed by atoms with van der Waals surface area (Å²) in [5, 5.41) is 5.94. The Hall–Kier alpha value is -3.06. The zero-order valence-electron chi connectivity index (χ0n) is 17.0. The van der Waals surface area contributed by atoms with E-state index in [2.05, 4.69) is 10.1 Å². The number of methoxy groups -OCH3 is 1. The van der Waals surface area contributed by atoms with Crippen LogP contribution in [0.1, 0.15) is 29.1 Å². The molecule has 30 heavy (non-hydrogen) atoms. The normalized spacial score (nSPS) is 19.1. The fourth-order valence-corrected chi connectivity index (χ4v) is 4.52. The maximum Gasteiger partial charge on any atom is 0.276 e. The first kappa shape index (κ1) is 18.9. The molecule has 0 saturated carbocycles. The number of aromatic nitrogens is 1. The van der Waals surface area contributed by atoms with Gasteiger partial charge in [0.2, 0.25) is 0 Å². The average Bonchev–Trinajstić information content (AvgIpc) is 3.46. The van der Waals surface area contributed by atoms with Crippen molar-refractivity contribution in [2.45, 2.75) is 25.5 Å². The number of nitrogens with zero attached hydrogens (tertiary/aromatic N) is 3. The van der Waals surface area contributed by atoms with Crippen LogP contribution in [-0.4, -0.2) is 60.2 Å². The van der Waals surface area contributed by atoms with E-state index in [9.17, 15) is 4.79 Å². The molecule has 2 aliphatic heterocycles. The van der Waals surface area contributed by atoms with E-state index in [1.807, 2.05) is 41.3 Å². The van der Waals surface area contributed by atoms with Gasteiger partial charge in [-0.2, -0.15) is 0 Å². The predicted octanol–water partition coefficient (Wildman–Crippen LogP) is 3.34. The number of benzene rings is 2. The molecule has 2 aliphatic rings. The van der Waals surface area contributed by atoms with Crippen molar-refractivity contribution in [2.75, 3.05) is 33.3 Å². The van der Waals surface area contributed by atoms with Crippen molar-refractivity contribution >= 4 is 16.7 Å². The van der Waals surface area contributed by atoms with E-state index in [4.69, 9.17) is 14.0 Å². The van der Waals surface area contributed by atoms with Crippen molar-refractivity contribution < 1.29 is 18.8 Å². The van der Waals surface area contributed by atoms with Crippen LogP contribution in [-0.2, 0) is 6.61 Å². The lowest BCUT2D eigenvalue weighted by Crippen LogP contribution is -2.52. The summed E-state index contributed by atoms with van der Waals surface area (Å²) < 4.78 is 16.8. The van der Waals surface area contributed by atoms with Gasteiger partial charge in [0.05, 0.1) is 7.11 Å². The minimum atomic E-state index is -0.0635. The Morgan fingerprint density at radius 1 is 1.13 bits per heavy atom. The smallest absolute Gasteiger partial charge is 0.276 e. The van der Waals surface area contributed by atoms with Gasteiger partial charge in [-0.1, -0.05) is 29.4 Å². The molecule has 2 fully saturated rings. The SMILES string of the molecule is COc1ccc(OCc2cc(C(=O)N3CCN4CCCC4C3)no2)c2ccccc12. The highest BCUT2D eigenvalue weighted by Crippen LogP contribution is 2.33. The fraction of sp³-hybridized carbons (Fsp3) is 0.391. The second-order valence-electron chi connectivity index (χ2n) is 7.86. The van der Waals surface area contributed by atoms with E-state index in [-0.39, 0.29) is 12.5 Å². The molecule has 1 atom stereocenters. The molecular formula is C23H25N3O4. The summed E-state index contributed by atoms with van der Waals surface area (Å²) in [6.07, 6.45) is 2.38. The van der Waals surface area contributed by atoms with Crippen molar-refractivity contribution in [3.8, 4) is 11.5 Å². The summed E-state index contributed by atoms with van der Waals surface area (Å²) in [6.45, 7) is 3.81. The maximum absolute atomic E-state index is 12.9. The average molecular weight is 407 g/mol. The Kier molecular flexibility index (Phi) is 5.04. The standard InChI is InChI=1S/C23H25N3O4/c1-28-21-8-9-22(19-7-3-2-6-18(19)21)29-15-17-13-20(24-30-17)23(27)26-12-11-25-10-4-5-16(25)14-26/h2-3,6-9,13,16H,4-5,10-12,14-15H2,1H3. The Morgan fingerprint density at radius 2 is 1.93 bits per heavy atom. The lowest BCUT2D eigenvalue weighted by Gasteiger charge is -2.37. The quantitative estimate of drug-likeness (QED) is 0.646. The monoisotopic (exact) mass is 407 g/mol. The van der Waals surface area contributed by atoms with Crippen LogP contribution in [0.4, 0.5) is 0 Å². The molecule has 7 heteroatoms. The molecule has 0 bridgehead atoms. The van der Waals surface area contributed by atoms with Crippen LogP contribution in [0.3, 0.4) is 0 Å². The van der Waals surface area contributed by atoms with Crippen molar-refractivity contribution in [3.63, 3.8) is 0 Å². The van der Waals surface area contributed by atoms with Gasteiger partial charge in [0.25, 0.3) is 5.91 Å². The first-order chi connectivity index (χ1) is 14.7. The predicted molar refractivity (Wildman–Crippen MR) is 112 cm³/mol. The van der Waals surface area contributed by atoms with Crippen molar-refractivity contribution in [1.82, 2.24) is 15.0 Å². The summed E-state index contributed by atoms with van der Waals surface area (Å²) in [7, 11) is 1.65. The highest BCUT2D eigenvalue weighted by molar-refractivity contribution is 5.93. The Labute approximate surface area is 175 Å². The molecule has 156 valence electrons. The van der Waals surface area contributed by atoms with Crippen LogP contribution < -0.4 is 9.47 Å². The van der Waals surface area contributed by atoms with Crippen LogP contribution in [0.5, 0.6) is 11.5 Å². The van der Waals surface area contributed by atoms with Gasteiger partial charge >= 0.3 is 0 Å². The summed E-state index contributed by atoms with van der Waals surface area (Å²) in [5.41, 5.74) is 0.347. The van der Waals surface area contributed by atoms with Crippen LogP contribution in [0.15, 0.2) is 47.0 Å². The Morgan fingerprint density at radius 3 is 2.77 bits per heavy atom. The van der Waals surface area contributed by atoms with Crippen LogP contribution in [0, 0.1) is 0 Å². The summed E-state index contributed by atoms with van der Waals surface area (Å²) in [4.78, 5) is 17.2. The Bertz CT molecular complexity index is 1060. The van der Waals surface area contributed by atoms with Gasteiger partial charge in [-0.3, -0.25) is 9.69 Å². The minimum absolute atomic E-state index is 0.0635. The molecule has 0 N–H and O–H groups in total. The number of hydrogen-bond donors (Lipinski definition) is 0. The molecule has 1 amide bonds. The van der Waals surface area contributed by atoms with E-state index in [1.165, 1.54) is 6.42 Å². The van der Waals surface area contributed by atoms with Crippen LogP contribution in [0.25, 0.3) is 10.8 Å². The van der Waals surface area contributed by atoms with Gasteiger partial charge in [0, 0.05) is 42.5 Å². The molecule has 3 heterocycles. The van der Waals surface area contributed by atoms with E-state index >= 15 is 0 Å². The third-order valence-corrected chi connectivity index (χ3v) is 6.09. The first-order valence-corrected chi connectivity index (χ1v) is 10.4. The number of hydrogen-bond acceptors (Lipinski definition) is 6. The zero-order valence-corrected chi connectivity index (χ0v) is 17.0.